The number of hydrogen-bond acceptors (Lipinski definition) is 7. The van der Waals surface area contributed by atoms with Gasteiger partial charge < -0.3 is 14.6 Å². The topological polar surface area (TPSA) is 119 Å². The van der Waals surface area contributed by atoms with Gasteiger partial charge in [-0.1, -0.05) is 17.3 Å². The number of methoxy groups -OCH3 is 1. The molecule has 32 heavy (non-hydrogen) atoms. The quantitative estimate of drug-likeness (QED) is 0.435. The van der Waals surface area contributed by atoms with Gasteiger partial charge in [0.1, 0.15) is 17.4 Å². The molecule has 0 radical (unpaired) electrons. The molecule has 0 bridgehead atoms. The molecule has 4 aromatic rings. The highest BCUT2D eigenvalue weighted by atomic mass is 19.1. The number of aromatic amines is 1. The van der Waals surface area contributed by atoms with Crippen molar-refractivity contribution in [1.82, 2.24) is 30.6 Å². The van der Waals surface area contributed by atoms with Gasteiger partial charge in [0.15, 0.2) is 5.82 Å². The summed E-state index contributed by atoms with van der Waals surface area (Å²) in [6, 6.07) is 12.1. The Morgan fingerprint density at radius 1 is 1.12 bits per heavy atom. The number of aromatic nitrogens is 5. The lowest BCUT2D eigenvalue weighted by atomic mass is 10.1. The van der Waals surface area contributed by atoms with E-state index in [1.807, 2.05) is 24.3 Å². The van der Waals surface area contributed by atoms with Gasteiger partial charge in [0.05, 0.1) is 13.7 Å². The van der Waals surface area contributed by atoms with Gasteiger partial charge in [0.2, 0.25) is 17.6 Å². The minimum Gasteiger partial charge on any atom is -0.497 e. The van der Waals surface area contributed by atoms with E-state index >= 15 is 0 Å². The molecule has 0 aliphatic carbocycles. The van der Waals surface area contributed by atoms with E-state index in [9.17, 15) is 9.18 Å². The normalized spacial score (nSPS) is 10.8. The van der Waals surface area contributed by atoms with Gasteiger partial charge in [-0.05, 0) is 42.8 Å². The summed E-state index contributed by atoms with van der Waals surface area (Å²) >= 11 is 0. The first-order valence-corrected chi connectivity index (χ1v) is 9.93. The Morgan fingerprint density at radius 3 is 2.66 bits per heavy atom. The van der Waals surface area contributed by atoms with Crippen molar-refractivity contribution in [2.75, 3.05) is 7.11 Å². The molecule has 0 aliphatic heterocycles. The third kappa shape index (κ3) is 4.97. The average molecular weight is 436 g/mol. The Bertz CT molecular complexity index is 1220. The van der Waals surface area contributed by atoms with Crippen LogP contribution in [0.15, 0.2) is 47.0 Å². The summed E-state index contributed by atoms with van der Waals surface area (Å²) in [5, 5.41) is 13.6. The van der Waals surface area contributed by atoms with E-state index in [0.29, 0.717) is 28.7 Å². The minimum absolute atomic E-state index is 0.156. The molecule has 10 heteroatoms. The van der Waals surface area contributed by atoms with E-state index in [-0.39, 0.29) is 36.9 Å². The predicted octanol–water partition coefficient (Wildman–Crippen LogP) is 3.23. The van der Waals surface area contributed by atoms with Crippen molar-refractivity contribution in [3.05, 3.63) is 65.6 Å². The van der Waals surface area contributed by atoms with Crippen LogP contribution in [0.1, 0.15) is 23.7 Å². The number of carbonyl (C=O) groups excluding carboxylic acids is 1. The number of halogens is 1. The number of amides is 1. The largest absolute Gasteiger partial charge is 0.497 e. The predicted molar refractivity (Wildman–Crippen MR) is 113 cm³/mol. The fraction of sp³-hybridized carbons (Fsp3) is 0.227. The Labute approximate surface area is 183 Å². The number of rotatable bonds is 8. The zero-order valence-corrected chi connectivity index (χ0v) is 17.6. The minimum atomic E-state index is -0.337. The lowest BCUT2D eigenvalue weighted by molar-refractivity contribution is -0.121. The highest BCUT2D eigenvalue weighted by Gasteiger charge is 2.13. The Kier molecular flexibility index (Phi) is 6.20. The van der Waals surface area contributed by atoms with Gasteiger partial charge in [-0.2, -0.15) is 10.1 Å². The van der Waals surface area contributed by atoms with Crippen LogP contribution in [0.25, 0.3) is 22.8 Å². The molecule has 4 rings (SSSR count). The summed E-state index contributed by atoms with van der Waals surface area (Å²) in [5.74, 6) is 1.86. The van der Waals surface area contributed by atoms with Gasteiger partial charge in [0.25, 0.3) is 0 Å². The Hall–Kier alpha value is -4.08. The SMILES string of the molecule is COc1ccc(-c2n[nH]c(CNC(=O)CCc3nc(-c4ccc(C)c(F)c4)no3)n2)cc1. The molecule has 1 amide bonds. The molecule has 0 unspecified atom stereocenters. The van der Waals surface area contributed by atoms with Crippen LogP contribution in [-0.4, -0.2) is 38.3 Å². The maximum Gasteiger partial charge on any atom is 0.227 e. The number of nitrogens with one attached hydrogen (secondary N) is 2. The first-order valence-electron chi connectivity index (χ1n) is 9.93. The zero-order valence-electron chi connectivity index (χ0n) is 17.6. The summed E-state index contributed by atoms with van der Waals surface area (Å²) in [6.45, 7) is 1.89. The van der Waals surface area contributed by atoms with Gasteiger partial charge >= 0.3 is 0 Å². The van der Waals surface area contributed by atoms with Crippen molar-refractivity contribution < 1.29 is 18.4 Å². The first-order chi connectivity index (χ1) is 15.5. The van der Waals surface area contributed by atoms with Crippen LogP contribution in [0.2, 0.25) is 0 Å². The summed E-state index contributed by atoms with van der Waals surface area (Å²) in [7, 11) is 1.60. The fourth-order valence-electron chi connectivity index (χ4n) is 2.94. The van der Waals surface area contributed by atoms with Gasteiger partial charge in [-0.3, -0.25) is 9.89 Å². The van der Waals surface area contributed by atoms with E-state index in [0.717, 1.165) is 11.3 Å². The summed E-state index contributed by atoms with van der Waals surface area (Å²) < 4.78 is 24.0. The standard InChI is InChI=1S/C22H21FN6O3/c1-13-3-4-15(11-17(13)23)22-26-20(32-29-22)10-9-19(30)24-12-18-25-21(28-27-18)14-5-7-16(31-2)8-6-14/h3-8,11H,9-10,12H2,1-2H3,(H,24,30)(H,25,27,28). The summed E-state index contributed by atoms with van der Waals surface area (Å²) in [4.78, 5) is 20.8. The maximum absolute atomic E-state index is 13.7. The summed E-state index contributed by atoms with van der Waals surface area (Å²) in [5.41, 5.74) is 1.89. The van der Waals surface area contributed by atoms with Crippen LogP contribution in [0.4, 0.5) is 4.39 Å². The molecule has 164 valence electrons. The first kappa shape index (κ1) is 21.2. The second-order valence-corrected chi connectivity index (χ2v) is 7.09. The monoisotopic (exact) mass is 436 g/mol. The summed E-state index contributed by atoms with van der Waals surface area (Å²) in [6.07, 6.45) is 0.421. The number of nitrogens with zero attached hydrogens (tertiary/aromatic N) is 4. The molecule has 0 fully saturated rings. The molecule has 2 aromatic heterocycles. The van der Waals surface area contributed by atoms with Gasteiger partial charge in [-0.15, -0.1) is 0 Å². The van der Waals surface area contributed by atoms with Gasteiger partial charge in [-0.25, -0.2) is 9.37 Å². The van der Waals surface area contributed by atoms with Crippen molar-refractivity contribution in [2.45, 2.75) is 26.3 Å². The van der Waals surface area contributed by atoms with E-state index in [2.05, 4.69) is 30.6 Å². The van der Waals surface area contributed by atoms with Crippen LogP contribution in [0.5, 0.6) is 5.75 Å². The molecule has 2 heterocycles. The van der Waals surface area contributed by atoms with Crippen molar-refractivity contribution in [3.63, 3.8) is 0 Å². The number of ether oxygens (including phenoxy) is 1. The molecule has 0 spiro atoms. The molecule has 9 nitrogen and oxygen atoms in total. The maximum atomic E-state index is 13.7. The van der Waals surface area contributed by atoms with E-state index in [4.69, 9.17) is 9.26 Å². The lowest BCUT2D eigenvalue weighted by Crippen LogP contribution is -2.23. The molecule has 0 saturated heterocycles. The molecule has 2 aromatic carbocycles. The van der Waals surface area contributed by atoms with Gasteiger partial charge in [0, 0.05) is 24.0 Å². The molecule has 0 saturated carbocycles. The highest BCUT2D eigenvalue weighted by molar-refractivity contribution is 5.76. The second kappa shape index (κ2) is 9.38. The van der Waals surface area contributed by atoms with E-state index in [1.165, 1.54) is 6.07 Å². The number of H-pyrrole nitrogens is 1. The number of aryl methyl sites for hydroxylation is 2. The van der Waals surface area contributed by atoms with Crippen molar-refractivity contribution in [2.24, 2.45) is 0 Å². The van der Waals surface area contributed by atoms with Crippen LogP contribution in [0.3, 0.4) is 0 Å². The zero-order chi connectivity index (χ0) is 22.5. The van der Waals surface area contributed by atoms with Crippen LogP contribution >= 0.6 is 0 Å². The van der Waals surface area contributed by atoms with Crippen LogP contribution in [0, 0.1) is 12.7 Å². The number of carbonyl (C=O) groups is 1. The van der Waals surface area contributed by atoms with E-state index in [1.54, 1.807) is 26.2 Å². The Balaban J connectivity index is 1.27. The third-order valence-corrected chi connectivity index (χ3v) is 4.80. The van der Waals surface area contributed by atoms with Crippen LogP contribution in [-0.2, 0) is 17.8 Å². The molecular formula is C22H21FN6O3. The third-order valence-electron chi connectivity index (χ3n) is 4.80. The van der Waals surface area contributed by atoms with Crippen molar-refractivity contribution >= 4 is 5.91 Å². The van der Waals surface area contributed by atoms with Crippen molar-refractivity contribution in [3.8, 4) is 28.5 Å². The second-order valence-electron chi connectivity index (χ2n) is 7.09. The molecule has 2 N–H and O–H groups in total. The number of hydrogen-bond donors (Lipinski definition) is 2. The van der Waals surface area contributed by atoms with Crippen molar-refractivity contribution in [1.29, 1.82) is 0 Å². The van der Waals surface area contributed by atoms with Crippen LogP contribution < -0.4 is 10.1 Å². The Morgan fingerprint density at radius 2 is 1.91 bits per heavy atom. The lowest BCUT2D eigenvalue weighted by Gasteiger charge is -2.01. The average Bonchev–Trinajstić information content (AvgIpc) is 3.48. The molecular weight excluding hydrogens is 415 g/mol. The van der Waals surface area contributed by atoms with E-state index < -0.39 is 0 Å². The fourth-order valence-corrected chi connectivity index (χ4v) is 2.94. The molecule has 0 atom stereocenters. The smallest absolute Gasteiger partial charge is 0.227 e. The highest BCUT2D eigenvalue weighted by Crippen LogP contribution is 2.20. The number of benzene rings is 2. The molecule has 0 aliphatic rings.